The van der Waals surface area contributed by atoms with Gasteiger partial charge in [-0.05, 0) is 52.1 Å². The molecule has 3 heteroatoms. The maximum absolute atomic E-state index is 5.43. The first-order chi connectivity index (χ1) is 8.71. The van der Waals surface area contributed by atoms with Crippen LogP contribution in [0.15, 0.2) is 0 Å². The highest BCUT2D eigenvalue weighted by Crippen LogP contribution is 2.31. The number of ether oxygens (including phenoxy) is 1. The molecule has 0 aromatic rings. The minimum Gasteiger partial charge on any atom is -0.380 e. The van der Waals surface area contributed by atoms with E-state index in [1.165, 1.54) is 32.2 Å². The van der Waals surface area contributed by atoms with Crippen molar-refractivity contribution in [2.45, 2.75) is 45.6 Å². The van der Waals surface area contributed by atoms with Gasteiger partial charge < -0.3 is 15.0 Å². The van der Waals surface area contributed by atoms with Crippen molar-refractivity contribution in [3.63, 3.8) is 0 Å². The molecule has 1 fully saturated rings. The van der Waals surface area contributed by atoms with Gasteiger partial charge in [0.05, 0.1) is 6.61 Å². The average Bonchev–Trinajstić information content (AvgIpc) is 2.39. The maximum atomic E-state index is 5.43. The second-order valence-electron chi connectivity index (χ2n) is 5.70. The van der Waals surface area contributed by atoms with Crippen molar-refractivity contribution in [2.24, 2.45) is 11.8 Å². The van der Waals surface area contributed by atoms with Crippen molar-refractivity contribution in [2.75, 3.05) is 40.4 Å². The molecule has 0 radical (unpaired) electrons. The quantitative estimate of drug-likeness (QED) is 0.675. The third-order valence-corrected chi connectivity index (χ3v) is 4.41. The largest absolute Gasteiger partial charge is 0.380 e. The normalized spacial score (nSPS) is 28.8. The molecule has 3 nitrogen and oxygen atoms in total. The summed E-state index contributed by atoms with van der Waals surface area (Å²) in [5, 5.41) is 3.51. The topological polar surface area (TPSA) is 24.5 Å². The Hall–Kier alpha value is -0.120. The van der Waals surface area contributed by atoms with Crippen LogP contribution in [0.1, 0.15) is 39.5 Å². The van der Waals surface area contributed by atoms with E-state index in [0.717, 1.165) is 31.6 Å². The fourth-order valence-electron chi connectivity index (χ4n) is 3.17. The fraction of sp³-hybridized carbons (Fsp3) is 1.00. The van der Waals surface area contributed by atoms with Crippen molar-refractivity contribution >= 4 is 0 Å². The van der Waals surface area contributed by atoms with E-state index in [-0.39, 0.29) is 0 Å². The molecule has 18 heavy (non-hydrogen) atoms. The average molecular weight is 256 g/mol. The zero-order chi connectivity index (χ0) is 13.4. The molecule has 0 saturated heterocycles. The van der Waals surface area contributed by atoms with Gasteiger partial charge in [-0.15, -0.1) is 0 Å². The third kappa shape index (κ3) is 5.25. The van der Waals surface area contributed by atoms with E-state index in [1.807, 2.05) is 0 Å². The van der Waals surface area contributed by atoms with Crippen LogP contribution in [0.2, 0.25) is 0 Å². The lowest BCUT2D eigenvalue weighted by molar-refractivity contribution is 0.102. The van der Waals surface area contributed by atoms with E-state index in [9.17, 15) is 0 Å². The van der Waals surface area contributed by atoms with Crippen LogP contribution in [-0.2, 0) is 4.74 Å². The lowest BCUT2D eigenvalue weighted by Gasteiger charge is -2.38. The minimum atomic E-state index is 0.711. The zero-order valence-electron chi connectivity index (χ0n) is 12.7. The molecule has 0 aromatic heterocycles. The number of rotatable bonds is 8. The van der Waals surface area contributed by atoms with Gasteiger partial charge in [-0.2, -0.15) is 0 Å². The molecule has 1 aliphatic carbocycles. The molecule has 1 aliphatic rings. The first kappa shape index (κ1) is 15.9. The van der Waals surface area contributed by atoms with Gasteiger partial charge in [-0.25, -0.2) is 0 Å². The van der Waals surface area contributed by atoms with Gasteiger partial charge in [0.25, 0.3) is 0 Å². The summed E-state index contributed by atoms with van der Waals surface area (Å²) in [5.74, 6) is 1.75. The Labute approximate surface area is 113 Å². The van der Waals surface area contributed by atoms with Crippen LogP contribution in [0, 0.1) is 11.8 Å². The van der Waals surface area contributed by atoms with Crippen LogP contribution >= 0.6 is 0 Å². The Balaban J connectivity index is 2.35. The molecule has 3 atom stereocenters. The predicted molar refractivity (Wildman–Crippen MR) is 78.0 cm³/mol. The zero-order valence-corrected chi connectivity index (χ0v) is 12.7. The predicted octanol–water partition coefficient (Wildman–Crippen LogP) is 2.37. The first-order valence-electron chi connectivity index (χ1n) is 7.64. The number of hydrogen-bond donors (Lipinski definition) is 1. The van der Waals surface area contributed by atoms with Crippen molar-refractivity contribution in [3.8, 4) is 0 Å². The molecule has 0 spiro atoms. The fourth-order valence-corrected chi connectivity index (χ4v) is 3.17. The van der Waals surface area contributed by atoms with Crippen LogP contribution < -0.4 is 5.32 Å². The SMILES string of the molecule is CCOCCN(C)CC1CC(CC)CCC1NC. The van der Waals surface area contributed by atoms with E-state index >= 15 is 0 Å². The molecule has 0 aliphatic heterocycles. The molecular formula is C15H32N2O. The van der Waals surface area contributed by atoms with E-state index in [2.05, 4.69) is 38.2 Å². The van der Waals surface area contributed by atoms with Gasteiger partial charge in [0.15, 0.2) is 0 Å². The van der Waals surface area contributed by atoms with Gasteiger partial charge in [0, 0.05) is 25.7 Å². The molecule has 0 aromatic carbocycles. The number of nitrogens with one attached hydrogen (secondary N) is 1. The molecule has 3 unspecified atom stereocenters. The van der Waals surface area contributed by atoms with Crippen LogP contribution in [-0.4, -0.2) is 51.3 Å². The van der Waals surface area contributed by atoms with Crippen LogP contribution in [0.25, 0.3) is 0 Å². The van der Waals surface area contributed by atoms with Crippen LogP contribution in [0.4, 0.5) is 0 Å². The minimum absolute atomic E-state index is 0.711. The smallest absolute Gasteiger partial charge is 0.0593 e. The van der Waals surface area contributed by atoms with Gasteiger partial charge in [0.1, 0.15) is 0 Å². The summed E-state index contributed by atoms with van der Waals surface area (Å²) in [6.07, 6.45) is 5.48. The van der Waals surface area contributed by atoms with Crippen molar-refractivity contribution in [1.82, 2.24) is 10.2 Å². The molecule has 1 N–H and O–H groups in total. The van der Waals surface area contributed by atoms with Crippen molar-refractivity contribution in [1.29, 1.82) is 0 Å². The molecule has 0 bridgehead atoms. The summed E-state index contributed by atoms with van der Waals surface area (Å²) in [7, 11) is 4.34. The standard InChI is InChI=1S/C15H32N2O/c1-5-13-7-8-15(16-3)14(11-13)12-17(4)9-10-18-6-2/h13-16H,5-12H2,1-4H3. The number of nitrogens with zero attached hydrogens (tertiary/aromatic N) is 1. The summed E-state index contributed by atoms with van der Waals surface area (Å²) in [4.78, 5) is 2.43. The summed E-state index contributed by atoms with van der Waals surface area (Å²) in [5.41, 5.74) is 0. The van der Waals surface area contributed by atoms with Crippen LogP contribution in [0.5, 0.6) is 0 Å². The van der Waals surface area contributed by atoms with E-state index < -0.39 is 0 Å². The molecule has 1 saturated carbocycles. The molecule has 0 amide bonds. The van der Waals surface area contributed by atoms with E-state index in [1.54, 1.807) is 0 Å². The first-order valence-corrected chi connectivity index (χ1v) is 7.64. The van der Waals surface area contributed by atoms with Gasteiger partial charge >= 0.3 is 0 Å². The highest BCUT2D eigenvalue weighted by molar-refractivity contribution is 4.85. The van der Waals surface area contributed by atoms with Gasteiger partial charge in [0.2, 0.25) is 0 Å². The Morgan fingerprint density at radius 1 is 1.28 bits per heavy atom. The lowest BCUT2D eigenvalue weighted by Crippen LogP contribution is -2.44. The Morgan fingerprint density at radius 2 is 2.06 bits per heavy atom. The van der Waals surface area contributed by atoms with E-state index in [4.69, 9.17) is 4.74 Å². The Bertz CT molecular complexity index is 211. The molecular weight excluding hydrogens is 224 g/mol. The number of hydrogen-bond acceptors (Lipinski definition) is 3. The number of likely N-dealkylation sites (N-methyl/N-ethyl adjacent to an activating group) is 1. The second-order valence-corrected chi connectivity index (χ2v) is 5.70. The molecule has 108 valence electrons. The monoisotopic (exact) mass is 256 g/mol. The second kappa shape index (κ2) is 8.89. The van der Waals surface area contributed by atoms with Crippen molar-refractivity contribution < 1.29 is 4.74 Å². The summed E-state index contributed by atoms with van der Waals surface area (Å²) < 4.78 is 5.43. The van der Waals surface area contributed by atoms with Crippen LogP contribution in [0.3, 0.4) is 0 Å². The molecule has 1 rings (SSSR count). The Kier molecular flexibility index (Phi) is 7.87. The van der Waals surface area contributed by atoms with Gasteiger partial charge in [-0.3, -0.25) is 0 Å². The highest BCUT2D eigenvalue weighted by atomic mass is 16.5. The third-order valence-electron chi connectivity index (χ3n) is 4.41. The Morgan fingerprint density at radius 3 is 2.67 bits per heavy atom. The maximum Gasteiger partial charge on any atom is 0.0593 e. The van der Waals surface area contributed by atoms with Gasteiger partial charge in [-0.1, -0.05) is 13.3 Å². The summed E-state index contributed by atoms with van der Waals surface area (Å²) in [6.45, 7) is 8.34. The summed E-state index contributed by atoms with van der Waals surface area (Å²) >= 11 is 0. The lowest BCUT2D eigenvalue weighted by atomic mass is 9.76. The van der Waals surface area contributed by atoms with E-state index in [0.29, 0.717) is 6.04 Å². The molecule has 0 heterocycles. The summed E-state index contributed by atoms with van der Waals surface area (Å²) in [6, 6.07) is 0.711. The van der Waals surface area contributed by atoms with Crippen molar-refractivity contribution in [3.05, 3.63) is 0 Å². The highest BCUT2D eigenvalue weighted by Gasteiger charge is 2.29.